The van der Waals surface area contributed by atoms with Gasteiger partial charge in [0.25, 0.3) is 0 Å². The largest absolute Gasteiger partial charge is 0.392 e. The van der Waals surface area contributed by atoms with Crippen LogP contribution in [0.5, 0.6) is 0 Å². The van der Waals surface area contributed by atoms with E-state index in [9.17, 15) is 5.11 Å². The fraction of sp³-hybridized carbons (Fsp3) is 0.600. The second kappa shape index (κ2) is 4.58. The summed E-state index contributed by atoms with van der Waals surface area (Å²) in [6.07, 6.45) is 5.19. The molecule has 1 fully saturated rings. The zero-order valence-corrected chi connectivity index (χ0v) is 10.4. The molecule has 88 valence electrons. The second-order valence-electron chi connectivity index (χ2n) is 5.81. The Morgan fingerprint density at radius 2 is 2.06 bits per heavy atom. The molecular weight excluding hydrogens is 196 g/mol. The van der Waals surface area contributed by atoms with Crippen molar-refractivity contribution in [2.24, 2.45) is 5.41 Å². The van der Waals surface area contributed by atoms with Crippen molar-refractivity contribution in [2.75, 3.05) is 0 Å². The Kier molecular flexibility index (Phi) is 3.34. The molecule has 1 nitrogen and oxygen atoms in total. The van der Waals surface area contributed by atoms with Crippen LogP contribution in [-0.4, -0.2) is 5.11 Å². The number of rotatable bonds is 2. The van der Waals surface area contributed by atoms with E-state index >= 15 is 0 Å². The fourth-order valence-electron chi connectivity index (χ4n) is 3.04. The number of aliphatic hydroxyl groups is 1. The molecule has 0 heterocycles. The first-order chi connectivity index (χ1) is 7.62. The van der Waals surface area contributed by atoms with Gasteiger partial charge in [-0.05, 0) is 41.7 Å². The summed E-state index contributed by atoms with van der Waals surface area (Å²) in [7, 11) is 0. The highest BCUT2D eigenvalue weighted by Crippen LogP contribution is 2.44. The van der Waals surface area contributed by atoms with E-state index in [1.807, 2.05) is 6.07 Å². The Bertz CT molecular complexity index is 354. The molecule has 1 N–H and O–H groups in total. The van der Waals surface area contributed by atoms with Crippen LogP contribution in [0, 0.1) is 5.41 Å². The van der Waals surface area contributed by atoms with Gasteiger partial charge in [0, 0.05) is 0 Å². The van der Waals surface area contributed by atoms with Crippen molar-refractivity contribution in [3.63, 3.8) is 0 Å². The zero-order chi connectivity index (χ0) is 11.6. The molecule has 0 aromatic heterocycles. The summed E-state index contributed by atoms with van der Waals surface area (Å²) in [5.41, 5.74) is 2.95. The van der Waals surface area contributed by atoms with Gasteiger partial charge >= 0.3 is 0 Å². The summed E-state index contributed by atoms with van der Waals surface area (Å²) in [6.45, 7) is 4.90. The van der Waals surface area contributed by atoms with Crippen molar-refractivity contribution in [1.29, 1.82) is 0 Å². The lowest BCUT2D eigenvalue weighted by atomic mass is 9.69. The average Bonchev–Trinajstić information content (AvgIpc) is 2.27. The molecule has 1 saturated carbocycles. The lowest BCUT2D eigenvalue weighted by molar-refractivity contribution is 0.216. The van der Waals surface area contributed by atoms with Crippen LogP contribution in [0.1, 0.15) is 56.6 Å². The normalized spacial score (nSPS) is 24.3. The molecule has 0 aliphatic heterocycles. The van der Waals surface area contributed by atoms with Crippen molar-refractivity contribution < 1.29 is 5.11 Å². The minimum atomic E-state index is 0.174. The standard InChI is InChI=1S/C15H22O/c1-15(2)9-5-7-12(10-15)14-8-4-3-6-13(14)11-16/h3-4,6,8,12,16H,5,7,9-11H2,1-2H3. The summed E-state index contributed by atoms with van der Waals surface area (Å²) < 4.78 is 0. The molecule has 1 heteroatoms. The third-order valence-electron chi connectivity index (χ3n) is 3.87. The third kappa shape index (κ3) is 2.46. The van der Waals surface area contributed by atoms with E-state index in [2.05, 4.69) is 32.0 Å². The number of hydrogen-bond donors (Lipinski definition) is 1. The quantitative estimate of drug-likeness (QED) is 0.799. The highest BCUT2D eigenvalue weighted by molar-refractivity contribution is 5.30. The SMILES string of the molecule is CC1(C)CCCC(c2ccccc2CO)C1. The summed E-state index contributed by atoms with van der Waals surface area (Å²) in [6, 6.07) is 8.35. The van der Waals surface area contributed by atoms with Crippen LogP contribution < -0.4 is 0 Å². The monoisotopic (exact) mass is 218 g/mol. The zero-order valence-electron chi connectivity index (χ0n) is 10.4. The molecule has 1 aromatic rings. The fourth-order valence-corrected chi connectivity index (χ4v) is 3.04. The van der Waals surface area contributed by atoms with E-state index in [1.165, 1.54) is 31.2 Å². The first kappa shape index (κ1) is 11.7. The van der Waals surface area contributed by atoms with Crippen molar-refractivity contribution in [3.05, 3.63) is 35.4 Å². The van der Waals surface area contributed by atoms with E-state index in [4.69, 9.17) is 0 Å². The second-order valence-corrected chi connectivity index (χ2v) is 5.81. The average molecular weight is 218 g/mol. The van der Waals surface area contributed by atoms with Gasteiger partial charge in [-0.15, -0.1) is 0 Å². The van der Waals surface area contributed by atoms with Crippen LogP contribution in [0.15, 0.2) is 24.3 Å². The summed E-state index contributed by atoms with van der Waals surface area (Å²) in [5.74, 6) is 0.645. The lowest BCUT2D eigenvalue weighted by Gasteiger charge is -2.36. The van der Waals surface area contributed by atoms with Gasteiger partial charge in [0.05, 0.1) is 6.61 Å². The van der Waals surface area contributed by atoms with Crippen molar-refractivity contribution in [3.8, 4) is 0 Å². The molecule has 1 aliphatic rings. The molecule has 1 aliphatic carbocycles. The first-order valence-corrected chi connectivity index (χ1v) is 6.31. The van der Waals surface area contributed by atoms with Gasteiger partial charge < -0.3 is 5.11 Å². The smallest absolute Gasteiger partial charge is 0.0684 e. The van der Waals surface area contributed by atoms with E-state index in [0.717, 1.165) is 5.56 Å². The maximum atomic E-state index is 9.38. The van der Waals surface area contributed by atoms with Crippen molar-refractivity contribution >= 4 is 0 Å². The maximum Gasteiger partial charge on any atom is 0.0684 e. The summed E-state index contributed by atoms with van der Waals surface area (Å²) >= 11 is 0. The Labute approximate surface area is 98.5 Å². The Hall–Kier alpha value is -0.820. The highest BCUT2D eigenvalue weighted by atomic mass is 16.3. The van der Waals surface area contributed by atoms with Gasteiger partial charge in [0.15, 0.2) is 0 Å². The van der Waals surface area contributed by atoms with E-state index in [-0.39, 0.29) is 6.61 Å². The Morgan fingerprint density at radius 3 is 2.75 bits per heavy atom. The van der Waals surface area contributed by atoms with Gasteiger partial charge in [-0.3, -0.25) is 0 Å². The van der Waals surface area contributed by atoms with Crippen LogP contribution in [0.25, 0.3) is 0 Å². The number of aliphatic hydroxyl groups excluding tert-OH is 1. The van der Waals surface area contributed by atoms with Gasteiger partial charge in [0.1, 0.15) is 0 Å². The van der Waals surface area contributed by atoms with Crippen LogP contribution in [-0.2, 0) is 6.61 Å². The van der Waals surface area contributed by atoms with Crippen LogP contribution >= 0.6 is 0 Å². The summed E-state index contributed by atoms with van der Waals surface area (Å²) in [4.78, 5) is 0. The van der Waals surface area contributed by atoms with Crippen molar-refractivity contribution in [2.45, 2.75) is 52.1 Å². The Morgan fingerprint density at radius 1 is 1.31 bits per heavy atom. The molecule has 16 heavy (non-hydrogen) atoms. The van der Waals surface area contributed by atoms with Gasteiger partial charge in [-0.1, -0.05) is 44.5 Å². The third-order valence-corrected chi connectivity index (χ3v) is 3.87. The van der Waals surface area contributed by atoms with Crippen LogP contribution in [0.3, 0.4) is 0 Å². The molecule has 1 aromatic carbocycles. The van der Waals surface area contributed by atoms with Crippen molar-refractivity contribution in [1.82, 2.24) is 0 Å². The molecule has 2 rings (SSSR count). The summed E-state index contributed by atoms with van der Waals surface area (Å²) in [5, 5.41) is 9.38. The highest BCUT2D eigenvalue weighted by Gasteiger charge is 2.29. The molecule has 1 atom stereocenters. The van der Waals surface area contributed by atoms with Gasteiger partial charge in [-0.2, -0.15) is 0 Å². The topological polar surface area (TPSA) is 20.2 Å². The minimum absolute atomic E-state index is 0.174. The number of hydrogen-bond acceptors (Lipinski definition) is 1. The minimum Gasteiger partial charge on any atom is -0.392 e. The van der Waals surface area contributed by atoms with E-state index in [1.54, 1.807) is 0 Å². The molecular formula is C15H22O. The van der Waals surface area contributed by atoms with Gasteiger partial charge in [0.2, 0.25) is 0 Å². The maximum absolute atomic E-state index is 9.38. The number of benzene rings is 1. The molecule has 0 amide bonds. The van der Waals surface area contributed by atoms with Crippen LogP contribution in [0.2, 0.25) is 0 Å². The Balaban J connectivity index is 2.23. The van der Waals surface area contributed by atoms with E-state index in [0.29, 0.717) is 11.3 Å². The van der Waals surface area contributed by atoms with Gasteiger partial charge in [-0.25, -0.2) is 0 Å². The lowest BCUT2D eigenvalue weighted by Crippen LogP contribution is -2.22. The van der Waals surface area contributed by atoms with E-state index < -0.39 is 0 Å². The van der Waals surface area contributed by atoms with Crippen LogP contribution in [0.4, 0.5) is 0 Å². The molecule has 0 spiro atoms. The molecule has 0 bridgehead atoms. The first-order valence-electron chi connectivity index (χ1n) is 6.31. The molecule has 0 radical (unpaired) electrons. The molecule has 0 saturated heterocycles. The predicted molar refractivity (Wildman–Crippen MR) is 67.4 cm³/mol. The molecule has 1 unspecified atom stereocenters. The predicted octanol–water partition coefficient (Wildman–Crippen LogP) is 3.86.